The molecule has 0 saturated heterocycles. The third-order valence-corrected chi connectivity index (χ3v) is 0. The topological polar surface area (TPSA) is 34.1 Å². The van der Waals surface area contributed by atoms with Crippen LogP contribution in [0.4, 0.5) is 0 Å². The predicted octanol–water partition coefficient (Wildman–Crippen LogP) is 0.675. The fraction of sp³-hybridized carbons (Fsp3) is 0.600. The van der Waals surface area contributed by atoms with E-state index in [1.807, 2.05) is 0 Å². The van der Waals surface area contributed by atoms with Crippen LogP contribution >= 0.6 is 0 Å². The summed E-state index contributed by atoms with van der Waals surface area (Å²) in [6.07, 6.45) is 0. The van der Waals surface area contributed by atoms with Crippen LogP contribution in [0.1, 0.15) is 20.8 Å². The molecule has 0 aliphatic rings. The van der Waals surface area contributed by atoms with Gasteiger partial charge in [0, 0.05) is 0 Å². The molecule has 0 heterocycles. The monoisotopic (exact) mass is 208 g/mol. The molecule has 3 heteroatoms. The standard InChI is InChI=1S/C3H6O.C2H3O.Ag/c1-3(2)4;1-2-3;/h1-2H3;1H3;. The molecule has 52 valence electrons. The molecule has 0 atom stereocenters. The van der Waals surface area contributed by atoms with E-state index in [1.165, 1.54) is 20.8 Å². The summed E-state index contributed by atoms with van der Waals surface area (Å²) in [7, 11) is 0. The molecule has 0 saturated carbocycles. The van der Waals surface area contributed by atoms with Gasteiger partial charge in [0.05, 0.1) is 0 Å². The molecule has 0 bridgehead atoms. The van der Waals surface area contributed by atoms with Crippen molar-refractivity contribution in [2.45, 2.75) is 20.8 Å². The summed E-state index contributed by atoms with van der Waals surface area (Å²) in [5.41, 5.74) is 0. The maximum absolute atomic E-state index is 9.44. The Hall–Kier alpha value is 0.0803. The van der Waals surface area contributed by atoms with Crippen LogP contribution in [0.5, 0.6) is 0 Å². The van der Waals surface area contributed by atoms with Crippen LogP contribution in [0.2, 0.25) is 0 Å². The van der Waals surface area contributed by atoms with E-state index < -0.39 is 0 Å². The van der Waals surface area contributed by atoms with Crippen molar-refractivity contribution >= 4 is 9.78 Å². The van der Waals surface area contributed by atoms with Crippen molar-refractivity contribution in [1.29, 1.82) is 0 Å². The number of carbonyl (C=O) groups excluding carboxylic acids is 2. The van der Waals surface area contributed by atoms with Crippen molar-refractivity contribution in [2.75, 3.05) is 0 Å². The van der Waals surface area contributed by atoms with Crippen LogP contribution in [-0.2, 0) is 30.7 Å². The van der Waals surface area contributed by atoms with E-state index in [0.717, 1.165) is 0 Å². The van der Waals surface area contributed by atoms with Gasteiger partial charge in [0.25, 0.3) is 0 Å². The Bertz CT molecular complexity index is 68.4. The van der Waals surface area contributed by atoms with Crippen molar-refractivity contribution in [3.63, 3.8) is 0 Å². The van der Waals surface area contributed by atoms with Gasteiger partial charge in [-0.15, -0.1) is 0 Å². The molecule has 0 aliphatic carbocycles. The summed E-state index contributed by atoms with van der Waals surface area (Å²) < 4.78 is -0.0233. The third kappa shape index (κ3) is 24400. The van der Waals surface area contributed by atoms with Crippen molar-refractivity contribution in [2.24, 2.45) is 0 Å². The van der Waals surface area contributed by atoms with E-state index >= 15 is 0 Å². The Labute approximate surface area is 61.6 Å². The van der Waals surface area contributed by atoms with Crippen LogP contribution in [-0.4, -0.2) is 9.78 Å². The minimum atomic E-state index is -0.0233. The zero-order chi connectivity index (χ0) is 7.15. The Balaban J connectivity index is 0. The number of ketones is 1. The van der Waals surface area contributed by atoms with E-state index in [0.29, 0.717) is 0 Å². The third-order valence-electron chi connectivity index (χ3n) is 0. The molecule has 0 aromatic carbocycles. The molecule has 0 aliphatic heterocycles. The molecule has 0 aromatic rings. The molecule has 0 spiro atoms. The Morgan fingerprint density at radius 2 is 1.12 bits per heavy atom. The number of carbonyl (C=O) groups is 2. The minimum absolute atomic E-state index is 0.0233. The second kappa shape index (κ2) is 7.08. The molecule has 2 nitrogen and oxygen atoms in total. The van der Waals surface area contributed by atoms with Crippen molar-refractivity contribution in [3.8, 4) is 0 Å². The number of hydrogen-bond donors (Lipinski definition) is 0. The van der Waals surface area contributed by atoms with Crippen LogP contribution in [0, 0.1) is 0 Å². The van der Waals surface area contributed by atoms with Gasteiger partial charge in [0.15, 0.2) is 0 Å². The summed E-state index contributed by atoms with van der Waals surface area (Å²) in [4.78, 5) is 18.8. The van der Waals surface area contributed by atoms with Crippen LogP contribution in [0.15, 0.2) is 0 Å². The van der Waals surface area contributed by atoms with Gasteiger partial charge in [-0.3, -0.25) is 0 Å². The molecule has 0 fully saturated rings. The van der Waals surface area contributed by atoms with Crippen molar-refractivity contribution in [3.05, 3.63) is 0 Å². The second-order valence-corrected chi connectivity index (χ2v) is 2.37. The van der Waals surface area contributed by atoms with E-state index in [-0.39, 0.29) is 9.78 Å². The molecule has 0 N–H and O–H groups in total. The summed E-state index contributed by atoms with van der Waals surface area (Å²) in [5.74, 6) is 0.167. The first-order valence-electron chi connectivity index (χ1n) is 2.06. The summed E-state index contributed by atoms with van der Waals surface area (Å²) in [6, 6.07) is 0. The zero-order valence-corrected chi connectivity index (χ0v) is 6.60. The van der Waals surface area contributed by atoms with Gasteiger partial charge in [-0.25, -0.2) is 0 Å². The van der Waals surface area contributed by atoms with Gasteiger partial charge in [-0.2, -0.15) is 0 Å². The summed E-state index contributed by atoms with van der Waals surface area (Å²) in [5, 5.41) is 0. The number of rotatable bonds is 0. The zero-order valence-electron chi connectivity index (χ0n) is 5.12. The van der Waals surface area contributed by atoms with Gasteiger partial charge < -0.3 is 4.79 Å². The van der Waals surface area contributed by atoms with Gasteiger partial charge in [-0.1, -0.05) is 0 Å². The van der Waals surface area contributed by atoms with Crippen LogP contribution in [0.25, 0.3) is 0 Å². The van der Waals surface area contributed by atoms with E-state index in [4.69, 9.17) is 0 Å². The first-order chi connectivity index (χ1) is 3.46. The van der Waals surface area contributed by atoms with Gasteiger partial charge >= 0.3 is 36.8 Å². The second-order valence-electron chi connectivity index (χ2n) is 1.32. The van der Waals surface area contributed by atoms with Gasteiger partial charge in [-0.05, 0) is 13.8 Å². The average Bonchev–Trinajstić information content (AvgIpc) is 1.25. The van der Waals surface area contributed by atoms with Crippen LogP contribution < -0.4 is 0 Å². The SMILES string of the molecule is CC(C)=O.C[C](=O)[Ag]. The number of hydrogen-bond acceptors (Lipinski definition) is 2. The van der Waals surface area contributed by atoms with E-state index in [9.17, 15) is 9.59 Å². The summed E-state index contributed by atoms with van der Waals surface area (Å²) >= 11 is 2.65. The molecule has 8 heavy (non-hydrogen) atoms. The fourth-order valence-corrected chi connectivity index (χ4v) is 0. The van der Waals surface area contributed by atoms with Gasteiger partial charge in [0.1, 0.15) is 5.78 Å². The molecule has 0 unspecified atom stereocenters. The Morgan fingerprint density at radius 3 is 1.12 bits per heavy atom. The first kappa shape index (κ1) is 11.0. The summed E-state index contributed by atoms with van der Waals surface area (Å²) in [6.45, 7) is 4.50. The molecule has 0 amide bonds. The Morgan fingerprint density at radius 1 is 1.12 bits per heavy atom. The normalized spacial score (nSPS) is 6.62. The average molecular weight is 209 g/mol. The van der Waals surface area contributed by atoms with Gasteiger partial charge in [0.2, 0.25) is 0 Å². The fourth-order valence-electron chi connectivity index (χ4n) is 0. The first-order valence-corrected chi connectivity index (χ1v) is 2.80. The molecule has 0 aromatic heterocycles. The van der Waals surface area contributed by atoms with Crippen molar-refractivity contribution in [1.82, 2.24) is 0 Å². The molecular formula is C5H9AgO2. The molecular weight excluding hydrogens is 200 g/mol. The predicted molar refractivity (Wildman–Crippen MR) is 27.0 cm³/mol. The van der Waals surface area contributed by atoms with E-state index in [1.54, 1.807) is 0 Å². The molecule has 0 rings (SSSR count). The van der Waals surface area contributed by atoms with Crippen molar-refractivity contribution < 1.29 is 30.7 Å². The molecule has 0 radical (unpaired) electrons. The maximum atomic E-state index is 9.44. The van der Waals surface area contributed by atoms with Crippen LogP contribution in [0.3, 0.4) is 0 Å². The number of Topliss-reactive ketones (excluding diaryl/α,β-unsaturated/α-hetero) is 1. The van der Waals surface area contributed by atoms with E-state index in [2.05, 4.69) is 21.1 Å². The quantitative estimate of drug-likeness (QED) is 0.549. The Kier molecular flexibility index (Phi) is 9.70.